The number of nitrogens with zero attached hydrogens (tertiary/aromatic N) is 2. The Labute approximate surface area is 149 Å². The van der Waals surface area contributed by atoms with Crippen LogP contribution in [0.2, 0.25) is 5.02 Å². The summed E-state index contributed by atoms with van der Waals surface area (Å²) in [6, 6.07) is 6.86. The number of pyridine rings is 1. The summed E-state index contributed by atoms with van der Waals surface area (Å²) in [5.41, 5.74) is 1.14. The lowest BCUT2D eigenvalue weighted by Gasteiger charge is -2.15. The minimum atomic E-state index is -0.301. The molecule has 8 heteroatoms. The Balaban J connectivity index is 1.93. The van der Waals surface area contributed by atoms with Crippen LogP contribution < -0.4 is 20.9 Å². The van der Waals surface area contributed by atoms with Crippen LogP contribution in [0.1, 0.15) is 18.5 Å². The number of aromatic nitrogens is 3. The number of hydrogen-bond donors (Lipinski definition) is 3. The monoisotopic (exact) mass is 359 g/mol. The average molecular weight is 360 g/mol. The molecule has 3 aromatic rings. The standard InChI is InChI=1S/C17H18ClN5O2/c1-9(21-17-20-8-14(25-3)15(19-2)23-17)12-7-10-6-11(18)4-5-13(10)22-16(12)24/h4-9H,1-3H3,(H,22,24)(H2,19,20,21,23). The number of methoxy groups -OCH3 is 1. The van der Waals surface area contributed by atoms with Gasteiger partial charge in [0.1, 0.15) is 0 Å². The summed E-state index contributed by atoms with van der Waals surface area (Å²) in [6.07, 6.45) is 1.57. The molecule has 1 atom stereocenters. The van der Waals surface area contributed by atoms with Crippen molar-refractivity contribution < 1.29 is 4.74 Å². The maximum absolute atomic E-state index is 12.4. The first-order valence-electron chi connectivity index (χ1n) is 7.69. The van der Waals surface area contributed by atoms with Gasteiger partial charge >= 0.3 is 0 Å². The molecule has 7 nitrogen and oxygen atoms in total. The Hall–Kier alpha value is -2.80. The van der Waals surface area contributed by atoms with Crippen LogP contribution in [-0.2, 0) is 0 Å². The van der Waals surface area contributed by atoms with E-state index in [1.54, 1.807) is 32.5 Å². The largest absolute Gasteiger partial charge is 0.491 e. The zero-order valence-electron chi connectivity index (χ0n) is 14.1. The average Bonchev–Trinajstić information content (AvgIpc) is 2.61. The van der Waals surface area contributed by atoms with E-state index in [2.05, 4.69) is 25.6 Å². The van der Waals surface area contributed by atoms with Crippen molar-refractivity contribution in [3.63, 3.8) is 0 Å². The Morgan fingerprint density at radius 1 is 1.32 bits per heavy atom. The summed E-state index contributed by atoms with van der Waals surface area (Å²) in [5.74, 6) is 1.49. The molecule has 0 aliphatic heterocycles. The van der Waals surface area contributed by atoms with Gasteiger partial charge in [0.05, 0.1) is 19.3 Å². The second-order valence-corrected chi connectivity index (χ2v) is 5.95. The van der Waals surface area contributed by atoms with Crippen molar-refractivity contribution in [3.05, 3.63) is 51.4 Å². The molecule has 0 aliphatic rings. The van der Waals surface area contributed by atoms with Gasteiger partial charge in [-0.25, -0.2) is 4.98 Å². The van der Waals surface area contributed by atoms with Crippen LogP contribution in [0.25, 0.3) is 10.9 Å². The SMILES string of the molecule is CNc1nc(NC(C)c2cc3cc(Cl)ccc3[nH]c2=O)ncc1OC. The Morgan fingerprint density at radius 2 is 2.12 bits per heavy atom. The van der Waals surface area contributed by atoms with E-state index in [0.717, 1.165) is 10.9 Å². The van der Waals surface area contributed by atoms with E-state index in [0.29, 0.717) is 28.1 Å². The molecule has 3 N–H and O–H groups in total. The molecular formula is C17H18ClN5O2. The normalized spacial score (nSPS) is 12.0. The van der Waals surface area contributed by atoms with Crippen LogP contribution in [0.3, 0.4) is 0 Å². The van der Waals surface area contributed by atoms with Gasteiger partial charge in [-0.3, -0.25) is 4.79 Å². The van der Waals surface area contributed by atoms with Gasteiger partial charge < -0.3 is 20.4 Å². The lowest BCUT2D eigenvalue weighted by Crippen LogP contribution is -2.20. The molecule has 1 aromatic carbocycles. The quantitative estimate of drug-likeness (QED) is 0.648. The number of H-pyrrole nitrogens is 1. The van der Waals surface area contributed by atoms with Gasteiger partial charge in [-0.05, 0) is 31.2 Å². The van der Waals surface area contributed by atoms with Gasteiger partial charge in [0, 0.05) is 28.5 Å². The number of fused-ring (bicyclic) bond motifs is 1. The second kappa shape index (κ2) is 6.98. The molecule has 2 aromatic heterocycles. The van der Waals surface area contributed by atoms with Crippen molar-refractivity contribution in [2.75, 3.05) is 24.8 Å². The van der Waals surface area contributed by atoms with Gasteiger partial charge in [-0.1, -0.05) is 11.6 Å². The van der Waals surface area contributed by atoms with E-state index in [1.165, 1.54) is 0 Å². The highest BCUT2D eigenvalue weighted by Gasteiger charge is 2.14. The van der Waals surface area contributed by atoms with E-state index < -0.39 is 0 Å². The summed E-state index contributed by atoms with van der Waals surface area (Å²) >= 11 is 6.04. The Bertz CT molecular complexity index is 973. The number of halogens is 1. The molecule has 0 radical (unpaired) electrons. The number of anilines is 2. The predicted octanol–water partition coefficient (Wildman–Crippen LogP) is 3.19. The highest BCUT2D eigenvalue weighted by Crippen LogP contribution is 2.24. The zero-order chi connectivity index (χ0) is 18.0. The third kappa shape index (κ3) is 3.51. The van der Waals surface area contributed by atoms with Gasteiger partial charge in [0.25, 0.3) is 5.56 Å². The number of nitrogens with one attached hydrogen (secondary N) is 3. The molecule has 3 rings (SSSR count). The van der Waals surface area contributed by atoms with Crippen molar-refractivity contribution in [2.45, 2.75) is 13.0 Å². The van der Waals surface area contributed by atoms with Crippen LogP contribution in [0.15, 0.2) is 35.3 Å². The minimum Gasteiger partial charge on any atom is -0.491 e. The predicted molar refractivity (Wildman–Crippen MR) is 99.7 cm³/mol. The van der Waals surface area contributed by atoms with Crippen LogP contribution in [0.4, 0.5) is 11.8 Å². The van der Waals surface area contributed by atoms with Crippen LogP contribution in [0, 0.1) is 0 Å². The molecule has 0 bridgehead atoms. The van der Waals surface area contributed by atoms with E-state index in [9.17, 15) is 4.79 Å². The van der Waals surface area contributed by atoms with Crippen molar-refractivity contribution in [2.24, 2.45) is 0 Å². The lowest BCUT2D eigenvalue weighted by atomic mass is 10.1. The topological polar surface area (TPSA) is 91.9 Å². The summed E-state index contributed by atoms with van der Waals surface area (Å²) in [7, 11) is 3.30. The zero-order valence-corrected chi connectivity index (χ0v) is 14.8. The van der Waals surface area contributed by atoms with Crippen molar-refractivity contribution in [1.82, 2.24) is 15.0 Å². The second-order valence-electron chi connectivity index (χ2n) is 5.51. The first-order chi connectivity index (χ1) is 12.0. The summed E-state index contributed by atoms with van der Waals surface area (Å²) in [6.45, 7) is 1.87. The Morgan fingerprint density at radius 3 is 2.84 bits per heavy atom. The molecule has 0 spiro atoms. The molecule has 25 heavy (non-hydrogen) atoms. The number of rotatable bonds is 5. The number of aromatic amines is 1. The number of ether oxygens (including phenoxy) is 1. The molecule has 0 aliphatic carbocycles. The minimum absolute atomic E-state index is 0.169. The third-order valence-electron chi connectivity index (χ3n) is 3.86. The van der Waals surface area contributed by atoms with Crippen molar-refractivity contribution in [1.29, 1.82) is 0 Å². The summed E-state index contributed by atoms with van der Waals surface area (Å²) in [4.78, 5) is 23.8. The summed E-state index contributed by atoms with van der Waals surface area (Å²) in [5, 5.41) is 7.55. The maximum atomic E-state index is 12.4. The number of hydrogen-bond acceptors (Lipinski definition) is 6. The molecule has 2 heterocycles. The maximum Gasteiger partial charge on any atom is 0.253 e. The van der Waals surface area contributed by atoms with Crippen LogP contribution >= 0.6 is 11.6 Å². The van der Waals surface area contributed by atoms with Gasteiger partial charge in [0.2, 0.25) is 5.95 Å². The molecule has 130 valence electrons. The molecule has 0 saturated carbocycles. The lowest BCUT2D eigenvalue weighted by molar-refractivity contribution is 0.413. The van der Waals surface area contributed by atoms with E-state index in [4.69, 9.17) is 16.3 Å². The molecule has 0 fully saturated rings. The smallest absolute Gasteiger partial charge is 0.253 e. The third-order valence-corrected chi connectivity index (χ3v) is 4.09. The number of benzene rings is 1. The van der Waals surface area contributed by atoms with Crippen molar-refractivity contribution >= 4 is 34.3 Å². The Kier molecular flexibility index (Phi) is 4.76. The van der Waals surface area contributed by atoms with Crippen LogP contribution in [-0.4, -0.2) is 29.1 Å². The summed E-state index contributed by atoms with van der Waals surface area (Å²) < 4.78 is 5.18. The van der Waals surface area contributed by atoms with Gasteiger partial charge in [0.15, 0.2) is 11.6 Å². The van der Waals surface area contributed by atoms with E-state index in [-0.39, 0.29) is 11.6 Å². The first-order valence-corrected chi connectivity index (χ1v) is 8.07. The first kappa shape index (κ1) is 17.0. The highest BCUT2D eigenvalue weighted by molar-refractivity contribution is 6.31. The molecule has 0 amide bonds. The fraction of sp³-hybridized carbons (Fsp3) is 0.235. The van der Waals surface area contributed by atoms with E-state index >= 15 is 0 Å². The fourth-order valence-corrected chi connectivity index (χ4v) is 2.74. The van der Waals surface area contributed by atoms with Gasteiger partial charge in [-0.15, -0.1) is 0 Å². The highest BCUT2D eigenvalue weighted by atomic mass is 35.5. The van der Waals surface area contributed by atoms with Gasteiger partial charge in [-0.2, -0.15) is 4.98 Å². The molecule has 1 unspecified atom stereocenters. The molecule has 0 saturated heterocycles. The fourth-order valence-electron chi connectivity index (χ4n) is 2.56. The van der Waals surface area contributed by atoms with Crippen molar-refractivity contribution in [3.8, 4) is 5.75 Å². The van der Waals surface area contributed by atoms with E-state index in [1.807, 2.05) is 19.1 Å². The molecular weight excluding hydrogens is 342 g/mol. The van der Waals surface area contributed by atoms with Crippen LogP contribution in [0.5, 0.6) is 5.75 Å².